The molecule has 12 heavy (non-hydrogen) atoms. The molecule has 6 nitrogen and oxygen atoms in total. The molecule has 0 aliphatic carbocycles. The van der Waals surface area contributed by atoms with Gasteiger partial charge in [0.2, 0.25) is 0 Å². The van der Waals surface area contributed by atoms with Gasteiger partial charge in [-0.25, -0.2) is 4.79 Å². The van der Waals surface area contributed by atoms with Crippen LogP contribution < -0.4 is 16.4 Å². The van der Waals surface area contributed by atoms with Gasteiger partial charge in [-0.15, -0.1) is 0 Å². The van der Waals surface area contributed by atoms with Crippen molar-refractivity contribution in [3.8, 4) is 0 Å². The summed E-state index contributed by atoms with van der Waals surface area (Å²) < 4.78 is 5.24. The lowest BCUT2D eigenvalue weighted by molar-refractivity contribution is -0.0452. The third-order valence-electron chi connectivity index (χ3n) is 2.16. The molecule has 6 heteroatoms. The second-order valence-corrected chi connectivity index (χ2v) is 3.10. The number of fused-ring (bicyclic) bond motifs is 1. The predicted octanol–water partition coefficient (Wildman–Crippen LogP) is -1.94. The van der Waals surface area contributed by atoms with E-state index in [2.05, 4.69) is 10.6 Å². The molecule has 0 spiro atoms. The lowest BCUT2D eigenvalue weighted by atomic mass is 10.1. The number of carbonyl (C=O) groups excluding carboxylic acids is 1. The molecular formula is C6H11N3O3. The quantitative estimate of drug-likeness (QED) is 0.371. The Labute approximate surface area is 69.1 Å². The van der Waals surface area contributed by atoms with E-state index in [0.29, 0.717) is 13.0 Å². The van der Waals surface area contributed by atoms with Crippen molar-refractivity contribution in [2.75, 3.05) is 6.54 Å². The van der Waals surface area contributed by atoms with E-state index in [1.807, 2.05) is 0 Å². The maximum absolute atomic E-state index is 10.8. The summed E-state index contributed by atoms with van der Waals surface area (Å²) in [4.78, 5) is 10.8. The summed E-state index contributed by atoms with van der Waals surface area (Å²) in [6.45, 7) is 0.344. The van der Waals surface area contributed by atoms with Gasteiger partial charge in [0.15, 0.2) is 12.0 Å². The molecule has 68 valence electrons. The van der Waals surface area contributed by atoms with Crippen LogP contribution in [0.5, 0.6) is 0 Å². The maximum Gasteiger partial charge on any atom is 0.319 e. The van der Waals surface area contributed by atoms with Crippen LogP contribution in [-0.4, -0.2) is 35.7 Å². The molecule has 0 aromatic rings. The number of ether oxygens (including phenoxy) is 1. The van der Waals surface area contributed by atoms with E-state index in [4.69, 9.17) is 10.5 Å². The van der Waals surface area contributed by atoms with Gasteiger partial charge in [-0.3, -0.25) is 0 Å². The summed E-state index contributed by atoms with van der Waals surface area (Å²) in [5.41, 5.74) is 4.09. The standard InChI is InChI=1S/C6H11N3O3/c7-2-3-1-6(11)4(12-3)8-5(10)9-6/h3-4,11H,1-2,7H2,(H2,8,9,10)/t3-,4-,6-/m1/s1. The Bertz CT molecular complexity index is 222. The largest absolute Gasteiger partial charge is 0.367 e. The Hall–Kier alpha value is -0.850. The molecule has 0 unspecified atom stereocenters. The molecule has 2 fully saturated rings. The first-order chi connectivity index (χ1) is 5.64. The molecule has 5 N–H and O–H groups in total. The Balaban J connectivity index is 2.11. The first-order valence-electron chi connectivity index (χ1n) is 3.80. The van der Waals surface area contributed by atoms with Gasteiger partial charge < -0.3 is 26.2 Å². The highest BCUT2D eigenvalue weighted by atomic mass is 16.5. The van der Waals surface area contributed by atoms with Gasteiger partial charge in [-0.05, 0) is 0 Å². The Kier molecular flexibility index (Phi) is 1.50. The highest BCUT2D eigenvalue weighted by Gasteiger charge is 2.53. The zero-order valence-electron chi connectivity index (χ0n) is 6.41. The second-order valence-electron chi connectivity index (χ2n) is 3.10. The van der Waals surface area contributed by atoms with E-state index < -0.39 is 18.0 Å². The minimum atomic E-state index is -1.26. The first kappa shape index (κ1) is 7.78. The molecule has 0 saturated carbocycles. The molecular weight excluding hydrogens is 162 g/mol. The predicted molar refractivity (Wildman–Crippen MR) is 38.9 cm³/mol. The van der Waals surface area contributed by atoms with Gasteiger partial charge in [-0.2, -0.15) is 0 Å². The number of aliphatic hydroxyl groups is 1. The summed E-state index contributed by atoms with van der Waals surface area (Å²) in [6.07, 6.45) is -0.501. The van der Waals surface area contributed by atoms with Crippen LogP contribution in [0.2, 0.25) is 0 Å². The molecule has 2 rings (SSSR count). The van der Waals surface area contributed by atoms with Crippen molar-refractivity contribution >= 4 is 6.03 Å². The van der Waals surface area contributed by atoms with E-state index in [-0.39, 0.29) is 6.10 Å². The highest BCUT2D eigenvalue weighted by Crippen LogP contribution is 2.29. The summed E-state index contributed by atoms with van der Waals surface area (Å²) in [7, 11) is 0. The molecule has 2 aliphatic heterocycles. The van der Waals surface area contributed by atoms with E-state index in [0.717, 1.165) is 0 Å². The number of hydrogen-bond acceptors (Lipinski definition) is 4. The van der Waals surface area contributed by atoms with Gasteiger partial charge in [0, 0.05) is 13.0 Å². The Morgan fingerprint density at radius 3 is 3.17 bits per heavy atom. The van der Waals surface area contributed by atoms with Crippen LogP contribution in [0.1, 0.15) is 6.42 Å². The number of amides is 2. The Morgan fingerprint density at radius 2 is 2.58 bits per heavy atom. The van der Waals surface area contributed by atoms with Crippen molar-refractivity contribution < 1.29 is 14.6 Å². The third kappa shape index (κ3) is 0.961. The average Bonchev–Trinajstić information content (AvgIpc) is 2.38. The third-order valence-corrected chi connectivity index (χ3v) is 2.16. The minimum Gasteiger partial charge on any atom is -0.367 e. The van der Waals surface area contributed by atoms with Gasteiger partial charge in [0.1, 0.15) is 0 Å². The van der Waals surface area contributed by atoms with Crippen LogP contribution in [-0.2, 0) is 4.74 Å². The second kappa shape index (κ2) is 2.32. The number of hydrogen-bond donors (Lipinski definition) is 4. The lowest BCUT2D eigenvalue weighted by Gasteiger charge is -2.17. The molecule has 0 aromatic heterocycles. The van der Waals surface area contributed by atoms with Crippen LogP contribution in [0.3, 0.4) is 0 Å². The molecule has 2 amide bonds. The summed E-state index contributed by atoms with van der Waals surface area (Å²) in [5.74, 6) is 0. The number of rotatable bonds is 1. The van der Waals surface area contributed by atoms with Gasteiger partial charge >= 0.3 is 6.03 Å². The normalized spacial score (nSPS) is 45.3. The van der Waals surface area contributed by atoms with Crippen molar-refractivity contribution in [1.82, 2.24) is 10.6 Å². The zero-order chi connectivity index (χ0) is 8.77. The molecule has 0 radical (unpaired) electrons. The monoisotopic (exact) mass is 173 g/mol. The van der Waals surface area contributed by atoms with E-state index in [9.17, 15) is 9.90 Å². The molecule has 0 bridgehead atoms. The zero-order valence-corrected chi connectivity index (χ0v) is 6.41. The number of nitrogens with one attached hydrogen (secondary N) is 2. The fraction of sp³-hybridized carbons (Fsp3) is 0.833. The van der Waals surface area contributed by atoms with Gasteiger partial charge in [0.25, 0.3) is 0 Å². The molecule has 2 aliphatic rings. The number of nitrogens with two attached hydrogens (primary N) is 1. The van der Waals surface area contributed by atoms with Gasteiger partial charge in [0.05, 0.1) is 6.10 Å². The van der Waals surface area contributed by atoms with Crippen molar-refractivity contribution in [3.63, 3.8) is 0 Å². The number of carbonyl (C=O) groups is 1. The van der Waals surface area contributed by atoms with Crippen molar-refractivity contribution in [2.45, 2.75) is 24.5 Å². The Morgan fingerprint density at radius 1 is 1.83 bits per heavy atom. The fourth-order valence-corrected chi connectivity index (χ4v) is 1.57. The first-order valence-corrected chi connectivity index (χ1v) is 3.80. The van der Waals surface area contributed by atoms with E-state index in [1.54, 1.807) is 0 Å². The molecule has 2 saturated heterocycles. The van der Waals surface area contributed by atoms with Crippen LogP contribution in [0.15, 0.2) is 0 Å². The van der Waals surface area contributed by atoms with Crippen LogP contribution >= 0.6 is 0 Å². The van der Waals surface area contributed by atoms with Crippen LogP contribution in [0.25, 0.3) is 0 Å². The fourth-order valence-electron chi connectivity index (χ4n) is 1.57. The summed E-state index contributed by atoms with van der Waals surface area (Å²) in [5, 5.41) is 14.6. The highest BCUT2D eigenvalue weighted by molar-refractivity contribution is 5.77. The van der Waals surface area contributed by atoms with Gasteiger partial charge in [-0.1, -0.05) is 0 Å². The molecule has 0 aromatic carbocycles. The van der Waals surface area contributed by atoms with E-state index in [1.165, 1.54) is 0 Å². The molecule has 2 heterocycles. The minimum absolute atomic E-state index is 0.187. The average molecular weight is 173 g/mol. The smallest absolute Gasteiger partial charge is 0.319 e. The number of urea groups is 1. The van der Waals surface area contributed by atoms with Crippen LogP contribution in [0.4, 0.5) is 4.79 Å². The van der Waals surface area contributed by atoms with Crippen molar-refractivity contribution in [3.05, 3.63) is 0 Å². The van der Waals surface area contributed by atoms with Crippen LogP contribution in [0, 0.1) is 0 Å². The van der Waals surface area contributed by atoms with Crippen molar-refractivity contribution in [1.29, 1.82) is 0 Å². The molecule has 3 atom stereocenters. The van der Waals surface area contributed by atoms with E-state index >= 15 is 0 Å². The topological polar surface area (TPSA) is 96.6 Å². The summed E-state index contributed by atoms with van der Waals surface area (Å²) >= 11 is 0. The lowest BCUT2D eigenvalue weighted by Crippen LogP contribution is -2.45. The maximum atomic E-state index is 10.8. The SMILES string of the molecule is NC[C@H]1C[C@]2(O)NC(=O)N[C@@H]2O1. The summed E-state index contributed by atoms with van der Waals surface area (Å²) in [6, 6.07) is -0.405. The van der Waals surface area contributed by atoms with Crippen molar-refractivity contribution in [2.24, 2.45) is 5.73 Å².